The predicted octanol–water partition coefficient (Wildman–Crippen LogP) is 6.01. The summed E-state index contributed by atoms with van der Waals surface area (Å²) in [5.74, 6) is 0.999. The second-order valence-electron chi connectivity index (χ2n) is 7.91. The Bertz CT molecular complexity index is 1140. The molecule has 26 heavy (non-hydrogen) atoms. The van der Waals surface area contributed by atoms with Crippen LogP contribution in [0.15, 0.2) is 42.7 Å². The maximum absolute atomic E-state index is 4.67. The Morgan fingerprint density at radius 1 is 1.00 bits per heavy atom. The Morgan fingerprint density at radius 2 is 1.73 bits per heavy atom. The largest absolute Gasteiger partial charge is 0.245 e. The molecule has 2 nitrogen and oxygen atoms in total. The minimum absolute atomic E-state index is 0.499. The molecule has 1 aromatic carbocycles. The first kappa shape index (κ1) is 16.0. The molecule has 0 unspecified atom stereocenters. The lowest BCUT2D eigenvalue weighted by Gasteiger charge is -2.20. The Balaban J connectivity index is 1.92. The van der Waals surface area contributed by atoms with Crippen LogP contribution in [0, 0.1) is 0 Å². The summed E-state index contributed by atoms with van der Waals surface area (Å²) in [6.45, 7) is 10.2. The fraction of sp³-hybridized carbons (Fsp3) is 0.304. The maximum Gasteiger partial charge on any atom is 0.234 e. The Morgan fingerprint density at radius 3 is 2.42 bits per heavy atom. The van der Waals surface area contributed by atoms with E-state index in [9.17, 15) is 0 Å². The standard InChI is InChI=1S/C23H23N2S/c1-13(2)16-6-5-7-17(14(3)4)20(16)18-9-11-25-12-15-8-10-24-23-19(15)21(25)22(18)26-23/h5-11,13-14H,12H2,1-4H3/q+1. The second-order valence-corrected chi connectivity index (χ2v) is 8.91. The van der Waals surface area contributed by atoms with E-state index in [-0.39, 0.29) is 0 Å². The highest BCUT2D eigenvalue weighted by molar-refractivity contribution is 7.25. The number of rotatable bonds is 3. The fourth-order valence-electron chi connectivity index (χ4n) is 4.35. The van der Waals surface area contributed by atoms with E-state index < -0.39 is 0 Å². The van der Waals surface area contributed by atoms with Gasteiger partial charge in [0.05, 0.1) is 5.39 Å². The van der Waals surface area contributed by atoms with Crippen molar-refractivity contribution in [3.05, 3.63) is 59.4 Å². The van der Waals surface area contributed by atoms with E-state index in [0.29, 0.717) is 11.8 Å². The molecule has 0 aliphatic carbocycles. The number of benzene rings is 1. The SMILES string of the molecule is CC(C)c1cccc(C(C)C)c1-c1cc[n+]2c3c1sc1nccc(c13)C2. The van der Waals surface area contributed by atoms with E-state index >= 15 is 0 Å². The van der Waals surface area contributed by atoms with Gasteiger partial charge in [-0.15, -0.1) is 11.3 Å². The third kappa shape index (κ3) is 2.10. The van der Waals surface area contributed by atoms with Gasteiger partial charge in [0, 0.05) is 23.4 Å². The summed E-state index contributed by atoms with van der Waals surface area (Å²) in [5, 5.41) is 1.36. The average molecular weight is 360 g/mol. The molecule has 130 valence electrons. The Hall–Kier alpha value is -2.26. The van der Waals surface area contributed by atoms with Gasteiger partial charge in [0.15, 0.2) is 12.7 Å². The molecule has 0 spiro atoms. The van der Waals surface area contributed by atoms with Gasteiger partial charge in [-0.05, 0) is 34.6 Å². The van der Waals surface area contributed by atoms with Crippen LogP contribution < -0.4 is 4.57 Å². The molecule has 1 aliphatic heterocycles. The molecular formula is C23H23N2S+. The summed E-state index contributed by atoms with van der Waals surface area (Å²) in [5.41, 5.74) is 8.48. The highest BCUT2D eigenvalue weighted by Gasteiger charge is 2.30. The highest BCUT2D eigenvalue weighted by Crippen LogP contribution is 2.44. The lowest BCUT2D eigenvalue weighted by Crippen LogP contribution is -2.30. The van der Waals surface area contributed by atoms with Crippen LogP contribution in [-0.2, 0) is 6.54 Å². The first-order valence-electron chi connectivity index (χ1n) is 9.42. The van der Waals surface area contributed by atoms with E-state index in [1.165, 1.54) is 48.3 Å². The van der Waals surface area contributed by atoms with E-state index in [4.69, 9.17) is 0 Å². The van der Waals surface area contributed by atoms with Crippen molar-refractivity contribution >= 4 is 31.8 Å². The van der Waals surface area contributed by atoms with E-state index in [1.807, 2.05) is 17.5 Å². The van der Waals surface area contributed by atoms with Crippen LogP contribution in [0.2, 0.25) is 0 Å². The monoisotopic (exact) mass is 359 g/mol. The summed E-state index contributed by atoms with van der Waals surface area (Å²) in [4.78, 5) is 5.84. The number of aromatic nitrogens is 2. The van der Waals surface area contributed by atoms with Gasteiger partial charge in [-0.2, -0.15) is 4.57 Å². The molecule has 0 atom stereocenters. The molecule has 3 heteroatoms. The van der Waals surface area contributed by atoms with Crippen LogP contribution in [0.25, 0.3) is 31.6 Å². The quantitative estimate of drug-likeness (QED) is 0.360. The van der Waals surface area contributed by atoms with Crippen molar-refractivity contribution in [3.63, 3.8) is 0 Å². The van der Waals surface area contributed by atoms with Crippen LogP contribution in [0.5, 0.6) is 0 Å². The van der Waals surface area contributed by atoms with Gasteiger partial charge in [-0.3, -0.25) is 0 Å². The third-order valence-electron chi connectivity index (χ3n) is 5.59. The van der Waals surface area contributed by atoms with Crippen LogP contribution in [-0.4, -0.2) is 4.98 Å². The zero-order chi connectivity index (χ0) is 18.0. The zero-order valence-electron chi connectivity index (χ0n) is 15.7. The van der Waals surface area contributed by atoms with Crippen molar-refractivity contribution in [3.8, 4) is 11.1 Å². The number of nitrogens with zero attached hydrogens (tertiary/aromatic N) is 2. The molecule has 0 radical (unpaired) electrons. The Labute approximate surface area is 158 Å². The first-order chi connectivity index (χ1) is 12.6. The lowest BCUT2D eigenvalue weighted by molar-refractivity contribution is -0.657. The zero-order valence-corrected chi connectivity index (χ0v) is 16.5. The van der Waals surface area contributed by atoms with E-state index in [1.54, 1.807) is 0 Å². The van der Waals surface area contributed by atoms with Crippen LogP contribution in [0.1, 0.15) is 56.2 Å². The molecule has 0 saturated carbocycles. The smallest absolute Gasteiger partial charge is 0.234 e. The van der Waals surface area contributed by atoms with Gasteiger partial charge in [0.25, 0.3) is 0 Å². The van der Waals surface area contributed by atoms with Crippen molar-refractivity contribution in [1.82, 2.24) is 4.98 Å². The molecule has 5 rings (SSSR count). The molecule has 4 heterocycles. The van der Waals surface area contributed by atoms with Crippen molar-refractivity contribution in [2.45, 2.75) is 46.1 Å². The third-order valence-corrected chi connectivity index (χ3v) is 6.71. The average Bonchev–Trinajstić information content (AvgIpc) is 3.20. The number of thiophene rings is 1. The van der Waals surface area contributed by atoms with E-state index in [0.717, 1.165) is 6.54 Å². The summed E-state index contributed by atoms with van der Waals surface area (Å²) in [6.07, 6.45) is 4.23. The highest BCUT2D eigenvalue weighted by atomic mass is 32.1. The van der Waals surface area contributed by atoms with Crippen molar-refractivity contribution in [2.75, 3.05) is 0 Å². The normalized spacial score (nSPS) is 13.2. The summed E-state index contributed by atoms with van der Waals surface area (Å²) >= 11 is 1.85. The predicted molar refractivity (Wildman–Crippen MR) is 110 cm³/mol. The van der Waals surface area contributed by atoms with Gasteiger partial charge < -0.3 is 0 Å². The molecule has 0 bridgehead atoms. The number of hydrogen-bond donors (Lipinski definition) is 0. The molecule has 0 amide bonds. The molecule has 0 fully saturated rings. The molecule has 4 aromatic rings. The molecule has 0 saturated heterocycles. The summed E-state index contributed by atoms with van der Waals surface area (Å²) < 4.78 is 3.77. The van der Waals surface area contributed by atoms with Crippen molar-refractivity contribution in [1.29, 1.82) is 0 Å². The first-order valence-corrected chi connectivity index (χ1v) is 10.2. The van der Waals surface area contributed by atoms with Crippen LogP contribution in [0.4, 0.5) is 0 Å². The van der Waals surface area contributed by atoms with Gasteiger partial charge in [0.2, 0.25) is 5.52 Å². The Kier molecular flexibility index (Phi) is 3.45. The molecular weight excluding hydrogens is 336 g/mol. The number of hydrogen-bond acceptors (Lipinski definition) is 2. The van der Waals surface area contributed by atoms with Gasteiger partial charge in [0.1, 0.15) is 9.53 Å². The van der Waals surface area contributed by atoms with Gasteiger partial charge >= 0.3 is 0 Å². The van der Waals surface area contributed by atoms with E-state index in [2.05, 4.69) is 73.8 Å². The van der Waals surface area contributed by atoms with Crippen molar-refractivity contribution in [2.24, 2.45) is 0 Å². The van der Waals surface area contributed by atoms with Crippen molar-refractivity contribution < 1.29 is 4.57 Å². The molecule has 3 aromatic heterocycles. The minimum Gasteiger partial charge on any atom is -0.245 e. The van der Waals surface area contributed by atoms with Crippen LogP contribution >= 0.6 is 11.3 Å². The lowest BCUT2D eigenvalue weighted by atomic mass is 9.85. The second kappa shape index (κ2) is 5.62. The minimum atomic E-state index is 0.499. The van der Waals surface area contributed by atoms with Crippen LogP contribution in [0.3, 0.4) is 0 Å². The molecule has 1 aliphatic rings. The number of pyridine rings is 2. The fourth-order valence-corrected chi connectivity index (χ4v) is 5.58. The molecule has 0 N–H and O–H groups in total. The maximum atomic E-state index is 4.67. The summed E-state index contributed by atoms with van der Waals surface area (Å²) in [7, 11) is 0. The van der Waals surface area contributed by atoms with Gasteiger partial charge in [-0.25, -0.2) is 4.98 Å². The van der Waals surface area contributed by atoms with Gasteiger partial charge in [-0.1, -0.05) is 45.9 Å². The summed E-state index contributed by atoms with van der Waals surface area (Å²) in [6, 6.07) is 11.3. The topological polar surface area (TPSA) is 16.8 Å².